The molecule has 1 atom stereocenters. The number of hydrogen-bond donors (Lipinski definition) is 2. The van der Waals surface area contributed by atoms with Crippen LogP contribution in [0, 0.1) is 12.8 Å². The van der Waals surface area contributed by atoms with Crippen LogP contribution in [0.25, 0.3) is 22.1 Å². The molecular formula is C24H24N2O5. The summed E-state index contributed by atoms with van der Waals surface area (Å²) in [6, 6.07) is 14.8. The van der Waals surface area contributed by atoms with Crippen molar-refractivity contribution in [3.05, 3.63) is 64.5 Å². The Kier molecular flexibility index (Phi) is 5.75. The summed E-state index contributed by atoms with van der Waals surface area (Å²) in [4.78, 5) is 37.5. The predicted molar refractivity (Wildman–Crippen MR) is 118 cm³/mol. The molecule has 1 fully saturated rings. The van der Waals surface area contributed by atoms with E-state index in [1.165, 1.54) is 6.07 Å². The lowest BCUT2D eigenvalue weighted by molar-refractivity contribution is -0.145. The van der Waals surface area contributed by atoms with E-state index in [1.807, 2.05) is 43.3 Å². The van der Waals surface area contributed by atoms with Gasteiger partial charge in [0.1, 0.15) is 5.58 Å². The van der Waals surface area contributed by atoms with Gasteiger partial charge in [0, 0.05) is 41.9 Å². The molecule has 2 aromatic carbocycles. The van der Waals surface area contributed by atoms with Crippen LogP contribution in [0.3, 0.4) is 0 Å². The first-order valence-electron chi connectivity index (χ1n) is 10.3. The molecule has 160 valence electrons. The Balaban J connectivity index is 1.54. The molecule has 0 radical (unpaired) electrons. The Labute approximate surface area is 179 Å². The molecule has 2 N–H and O–H groups in total. The summed E-state index contributed by atoms with van der Waals surface area (Å²) in [6.07, 6.45) is 1.28. The van der Waals surface area contributed by atoms with E-state index in [2.05, 4.69) is 5.32 Å². The third-order valence-corrected chi connectivity index (χ3v) is 5.75. The number of rotatable bonds is 5. The van der Waals surface area contributed by atoms with Gasteiger partial charge >= 0.3 is 11.6 Å². The van der Waals surface area contributed by atoms with Crippen molar-refractivity contribution >= 4 is 28.5 Å². The minimum atomic E-state index is -0.862. The molecule has 2 heterocycles. The highest BCUT2D eigenvalue weighted by atomic mass is 16.4. The zero-order valence-corrected chi connectivity index (χ0v) is 17.3. The van der Waals surface area contributed by atoms with Gasteiger partial charge in [0.2, 0.25) is 5.91 Å². The highest BCUT2D eigenvalue weighted by Gasteiger charge is 2.27. The highest BCUT2D eigenvalue weighted by Crippen LogP contribution is 2.31. The lowest BCUT2D eigenvalue weighted by Gasteiger charge is -2.30. The van der Waals surface area contributed by atoms with Gasteiger partial charge in [-0.3, -0.25) is 9.59 Å². The number of benzene rings is 2. The smallest absolute Gasteiger partial charge is 0.336 e. The fourth-order valence-electron chi connectivity index (χ4n) is 4.07. The normalized spacial score (nSPS) is 16.3. The number of likely N-dealkylation sites (tertiary alicyclic amines) is 1. The van der Waals surface area contributed by atoms with Crippen LogP contribution < -0.4 is 10.9 Å². The van der Waals surface area contributed by atoms with Gasteiger partial charge in [-0.2, -0.15) is 0 Å². The number of nitrogens with zero attached hydrogens (tertiary/aromatic N) is 1. The number of amides is 1. The molecule has 1 aliphatic heterocycles. The number of hydrogen-bond acceptors (Lipinski definition) is 5. The van der Waals surface area contributed by atoms with Crippen LogP contribution in [-0.4, -0.2) is 41.5 Å². The fourth-order valence-corrected chi connectivity index (χ4v) is 4.07. The molecule has 0 saturated carbocycles. The minimum Gasteiger partial charge on any atom is -0.481 e. The van der Waals surface area contributed by atoms with E-state index in [0.717, 1.165) is 22.1 Å². The maximum absolute atomic E-state index is 12.5. The van der Waals surface area contributed by atoms with E-state index in [4.69, 9.17) is 4.42 Å². The average Bonchev–Trinajstić information content (AvgIpc) is 2.77. The van der Waals surface area contributed by atoms with Gasteiger partial charge < -0.3 is 19.7 Å². The lowest BCUT2D eigenvalue weighted by atomic mass is 9.98. The second-order valence-electron chi connectivity index (χ2n) is 7.88. The molecule has 1 unspecified atom stereocenters. The zero-order valence-electron chi connectivity index (χ0n) is 17.3. The van der Waals surface area contributed by atoms with Crippen molar-refractivity contribution < 1.29 is 19.1 Å². The molecule has 3 aromatic rings. The Hall–Kier alpha value is -3.61. The lowest BCUT2D eigenvalue weighted by Crippen LogP contribution is -2.44. The summed E-state index contributed by atoms with van der Waals surface area (Å²) in [5.74, 6) is -1.52. The summed E-state index contributed by atoms with van der Waals surface area (Å²) >= 11 is 0. The third kappa shape index (κ3) is 4.45. The molecular weight excluding hydrogens is 396 g/mol. The largest absolute Gasteiger partial charge is 0.481 e. The number of carboxylic acid groups (broad SMARTS) is 1. The van der Waals surface area contributed by atoms with Gasteiger partial charge in [0.05, 0.1) is 12.5 Å². The Morgan fingerprint density at radius 3 is 2.74 bits per heavy atom. The Morgan fingerprint density at radius 2 is 1.97 bits per heavy atom. The van der Waals surface area contributed by atoms with Crippen LogP contribution in [0.2, 0.25) is 0 Å². The number of aliphatic carboxylic acids is 1. The first kappa shape index (κ1) is 20.7. The second kappa shape index (κ2) is 8.63. The van der Waals surface area contributed by atoms with Crippen molar-refractivity contribution in [3.63, 3.8) is 0 Å². The van der Waals surface area contributed by atoms with Crippen molar-refractivity contribution in [1.82, 2.24) is 4.90 Å². The molecule has 1 aliphatic rings. The van der Waals surface area contributed by atoms with Crippen molar-refractivity contribution in [2.75, 3.05) is 25.0 Å². The van der Waals surface area contributed by atoms with Crippen LogP contribution in [-0.2, 0) is 9.59 Å². The second-order valence-corrected chi connectivity index (χ2v) is 7.88. The Bertz CT molecular complexity index is 1200. The molecule has 0 bridgehead atoms. The number of nitrogens with one attached hydrogen (secondary N) is 1. The number of fused-ring (bicyclic) bond motifs is 1. The van der Waals surface area contributed by atoms with Gasteiger partial charge in [0.15, 0.2) is 0 Å². The molecule has 0 aliphatic carbocycles. The summed E-state index contributed by atoms with van der Waals surface area (Å²) in [5, 5.41) is 13.1. The fraction of sp³-hybridized carbons (Fsp3) is 0.292. The van der Waals surface area contributed by atoms with Crippen molar-refractivity contribution in [3.8, 4) is 11.1 Å². The first-order chi connectivity index (χ1) is 14.9. The van der Waals surface area contributed by atoms with E-state index < -0.39 is 17.5 Å². The third-order valence-electron chi connectivity index (χ3n) is 5.75. The summed E-state index contributed by atoms with van der Waals surface area (Å²) in [7, 11) is 0. The molecule has 31 heavy (non-hydrogen) atoms. The first-order valence-corrected chi connectivity index (χ1v) is 10.3. The van der Waals surface area contributed by atoms with E-state index in [9.17, 15) is 19.5 Å². The predicted octanol–water partition coefficient (Wildman–Crippen LogP) is 3.50. The standard InChI is InChI=1S/C24H24N2O5/c1-15-5-2-3-7-18(15)20-12-23(28)31-21-11-17(8-9-19(20)21)25-13-22(27)26-10-4-6-16(14-26)24(29)30/h2-3,5,7-9,11-12,16,25H,4,6,10,13-14H2,1H3,(H,29,30). The van der Waals surface area contributed by atoms with Gasteiger partial charge in [0.25, 0.3) is 0 Å². The van der Waals surface area contributed by atoms with Crippen molar-refractivity contribution in [2.45, 2.75) is 19.8 Å². The van der Waals surface area contributed by atoms with Gasteiger partial charge in [-0.15, -0.1) is 0 Å². The molecule has 0 spiro atoms. The Morgan fingerprint density at radius 1 is 1.16 bits per heavy atom. The molecule has 1 amide bonds. The van der Waals surface area contributed by atoms with Gasteiger partial charge in [-0.1, -0.05) is 24.3 Å². The number of carboxylic acids is 1. The van der Waals surface area contributed by atoms with Crippen LogP contribution >= 0.6 is 0 Å². The average molecular weight is 420 g/mol. The van der Waals surface area contributed by atoms with Crippen LogP contribution in [0.15, 0.2) is 57.7 Å². The zero-order chi connectivity index (χ0) is 22.0. The highest BCUT2D eigenvalue weighted by molar-refractivity contribution is 5.95. The van der Waals surface area contributed by atoms with Crippen molar-refractivity contribution in [1.29, 1.82) is 0 Å². The maximum atomic E-state index is 12.5. The van der Waals surface area contributed by atoms with Crippen LogP contribution in [0.4, 0.5) is 5.69 Å². The van der Waals surface area contributed by atoms with E-state index in [1.54, 1.807) is 11.0 Å². The quantitative estimate of drug-likeness (QED) is 0.613. The molecule has 4 rings (SSSR count). The molecule has 7 heteroatoms. The van der Waals surface area contributed by atoms with Gasteiger partial charge in [-0.05, 0) is 43.0 Å². The number of piperidine rings is 1. The topological polar surface area (TPSA) is 99.9 Å². The van der Waals surface area contributed by atoms with E-state index in [-0.39, 0.29) is 19.0 Å². The molecule has 1 saturated heterocycles. The summed E-state index contributed by atoms with van der Waals surface area (Å²) < 4.78 is 5.41. The minimum absolute atomic E-state index is 0.0412. The monoisotopic (exact) mass is 420 g/mol. The van der Waals surface area contributed by atoms with Crippen LogP contribution in [0.1, 0.15) is 18.4 Å². The molecule has 7 nitrogen and oxygen atoms in total. The number of carbonyl (C=O) groups is 2. The van der Waals surface area contributed by atoms with E-state index in [0.29, 0.717) is 30.7 Å². The van der Waals surface area contributed by atoms with Crippen molar-refractivity contribution in [2.24, 2.45) is 5.92 Å². The van der Waals surface area contributed by atoms with Crippen LogP contribution in [0.5, 0.6) is 0 Å². The van der Waals surface area contributed by atoms with Gasteiger partial charge in [-0.25, -0.2) is 4.79 Å². The number of anilines is 1. The summed E-state index contributed by atoms with van der Waals surface area (Å²) in [6.45, 7) is 2.84. The SMILES string of the molecule is Cc1ccccc1-c1cc(=O)oc2cc(NCC(=O)N3CCCC(C(=O)O)C3)ccc12. The number of aryl methyl sites for hydroxylation is 1. The summed E-state index contributed by atoms with van der Waals surface area (Å²) in [5.41, 5.74) is 3.48. The molecule has 1 aromatic heterocycles. The maximum Gasteiger partial charge on any atom is 0.336 e. The van der Waals surface area contributed by atoms with E-state index >= 15 is 0 Å². The number of carbonyl (C=O) groups excluding carboxylic acids is 1.